The Morgan fingerprint density at radius 1 is 1.36 bits per heavy atom. The molecule has 4 heteroatoms. The summed E-state index contributed by atoms with van der Waals surface area (Å²) in [4.78, 5) is 14.4. The molecule has 1 fully saturated rings. The number of aliphatic hydroxyl groups is 1. The number of nitrogens with one attached hydrogen (secondary N) is 1. The summed E-state index contributed by atoms with van der Waals surface area (Å²) in [6.45, 7) is 5.79. The van der Waals surface area contributed by atoms with Gasteiger partial charge in [-0.05, 0) is 51.3 Å². The molecule has 22 heavy (non-hydrogen) atoms. The van der Waals surface area contributed by atoms with Crippen molar-refractivity contribution in [3.05, 3.63) is 35.4 Å². The fourth-order valence-corrected chi connectivity index (χ4v) is 2.88. The number of hydrogen-bond acceptors (Lipinski definition) is 3. The summed E-state index contributed by atoms with van der Waals surface area (Å²) in [6.07, 6.45) is 2.02. The largest absolute Gasteiger partial charge is 0.392 e. The maximum atomic E-state index is 12.1. The third-order valence-corrected chi connectivity index (χ3v) is 4.59. The quantitative estimate of drug-likeness (QED) is 0.848. The van der Waals surface area contributed by atoms with Crippen molar-refractivity contribution in [2.45, 2.75) is 58.3 Å². The van der Waals surface area contributed by atoms with Crippen LogP contribution in [0.1, 0.15) is 44.2 Å². The molecule has 1 aliphatic carbocycles. The number of carbonyl (C=O) groups excluding carboxylic acids is 1. The van der Waals surface area contributed by atoms with Crippen LogP contribution < -0.4 is 5.32 Å². The summed E-state index contributed by atoms with van der Waals surface area (Å²) in [5.41, 5.74) is 2.36. The molecule has 122 valence electrons. The van der Waals surface area contributed by atoms with E-state index in [2.05, 4.69) is 43.2 Å². The minimum Gasteiger partial charge on any atom is -0.392 e. The number of benzene rings is 1. The van der Waals surface area contributed by atoms with Gasteiger partial charge in [-0.25, -0.2) is 0 Å². The van der Waals surface area contributed by atoms with Crippen LogP contribution in [0, 0.1) is 5.92 Å². The van der Waals surface area contributed by atoms with Gasteiger partial charge in [-0.2, -0.15) is 0 Å². The number of carbonyl (C=O) groups is 1. The normalized spacial score (nSPS) is 21.5. The third-order valence-electron chi connectivity index (χ3n) is 4.59. The topological polar surface area (TPSA) is 52.6 Å². The molecule has 2 N–H and O–H groups in total. The maximum absolute atomic E-state index is 12.1. The zero-order valence-corrected chi connectivity index (χ0v) is 13.9. The first-order valence-corrected chi connectivity index (χ1v) is 8.21. The van der Waals surface area contributed by atoms with Crippen LogP contribution >= 0.6 is 0 Å². The van der Waals surface area contributed by atoms with Crippen molar-refractivity contribution in [2.24, 2.45) is 5.92 Å². The van der Waals surface area contributed by atoms with Crippen LogP contribution in [0.3, 0.4) is 0 Å². The van der Waals surface area contributed by atoms with Gasteiger partial charge in [0.05, 0.1) is 12.0 Å². The molecule has 0 saturated heterocycles. The van der Waals surface area contributed by atoms with E-state index in [0.717, 1.165) is 31.4 Å². The number of nitrogens with zero attached hydrogens (tertiary/aromatic N) is 1. The molecule has 0 aromatic heterocycles. The van der Waals surface area contributed by atoms with Crippen LogP contribution in [-0.4, -0.2) is 35.1 Å². The summed E-state index contributed by atoms with van der Waals surface area (Å²) in [5.74, 6) is -0.245. The van der Waals surface area contributed by atoms with E-state index < -0.39 is 6.10 Å². The predicted octanol–water partition coefficient (Wildman–Crippen LogP) is 2.30. The van der Waals surface area contributed by atoms with Gasteiger partial charge >= 0.3 is 0 Å². The average molecular weight is 304 g/mol. The van der Waals surface area contributed by atoms with Crippen LogP contribution in [0.5, 0.6) is 0 Å². The highest BCUT2D eigenvalue weighted by atomic mass is 16.3. The Morgan fingerprint density at radius 2 is 2.09 bits per heavy atom. The summed E-state index contributed by atoms with van der Waals surface area (Å²) in [6, 6.07) is 8.83. The SMILES string of the molecule is CC(C)N(C)Cc1cccc(CNC(=O)C2CCCC2O)c1. The molecule has 0 aliphatic heterocycles. The fraction of sp³-hybridized carbons (Fsp3) is 0.611. The number of hydrogen-bond donors (Lipinski definition) is 2. The monoisotopic (exact) mass is 304 g/mol. The number of rotatable bonds is 6. The number of aliphatic hydroxyl groups excluding tert-OH is 1. The molecule has 0 bridgehead atoms. The molecule has 2 rings (SSSR count). The molecule has 1 aliphatic rings. The van der Waals surface area contributed by atoms with E-state index in [0.29, 0.717) is 12.6 Å². The van der Waals surface area contributed by atoms with Gasteiger partial charge in [-0.3, -0.25) is 9.69 Å². The second-order valence-electron chi connectivity index (χ2n) is 6.65. The average Bonchev–Trinajstić information content (AvgIpc) is 2.91. The van der Waals surface area contributed by atoms with Gasteiger partial charge < -0.3 is 10.4 Å². The molecule has 1 aromatic carbocycles. The van der Waals surface area contributed by atoms with Crippen molar-refractivity contribution >= 4 is 5.91 Å². The van der Waals surface area contributed by atoms with E-state index in [1.165, 1.54) is 5.56 Å². The Kier molecular flexibility index (Phi) is 5.98. The van der Waals surface area contributed by atoms with E-state index in [4.69, 9.17) is 0 Å². The molecular formula is C18H28N2O2. The van der Waals surface area contributed by atoms with Crippen molar-refractivity contribution < 1.29 is 9.90 Å². The summed E-state index contributed by atoms with van der Waals surface area (Å²) in [7, 11) is 2.11. The van der Waals surface area contributed by atoms with Gasteiger partial charge in [0, 0.05) is 19.1 Å². The molecule has 0 heterocycles. The van der Waals surface area contributed by atoms with Crippen molar-refractivity contribution in [1.82, 2.24) is 10.2 Å². The lowest BCUT2D eigenvalue weighted by molar-refractivity contribution is -0.127. The Morgan fingerprint density at radius 3 is 2.73 bits per heavy atom. The van der Waals surface area contributed by atoms with Gasteiger partial charge in [-0.1, -0.05) is 24.3 Å². The first kappa shape index (κ1) is 17.0. The Hall–Kier alpha value is -1.39. The minimum atomic E-state index is -0.467. The molecular weight excluding hydrogens is 276 g/mol. The lowest BCUT2D eigenvalue weighted by Gasteiger charge is -2.21. The molecule has 0 spiro atoms. The van der Waals surface area contributed by atoms with E-state index >= 15 is 0 Å². The lowest BCUT2D eigenvalue weighted by atomic mass is 10.0. The van der Waals surface area contributed by atoms with Crippen molar-refractivity contribution in [3.8, 4) is 0 Å². The van der Waals surface area contributed by atoms with E-state index in [9.17, 15) is 9.90 Å². The summed E-state index contributed by atoms with van der Waals surface area (Å²) < 4.78 is 0. The molecule has 4 nitrogen and oxygen atoms in total. The van der Waals surface area contributed by atoms with E-state index in [1.54, 1.807) is 0 Å². The Bertz CT molecular complexity index is 502. The standard InChI is InChI=1S/C18H28N2O2/c1-13(2)20(3)12-15-7-4-6-14(10-15)11-19-18(22)16-8-5-9-17(16)21/h4,6-7,10,13,16-17,21H,5,8-9,11-12H2,1-3H3,(H,19,22). The van der Waals surface area contributed by atoms with E-state index in [1.807, 2.05) is 12.1 Å². The van der Waals surface area contributed by atoms with Crippen LogP contribution in [0.2, 0.25) is 0 Å². The smallest absolute Gasteiger partial charge is 0.225 e. The molecule has 2 unspecified atom stereocenters. The predicted molar refractivity (Wildman–Crippen MR) is 88.2 cm³/mol. The Balaban J connectivity index is 1.89. The van der Waals surface area contributed by atoms with Gasteiger partial charge in [-0.15, -0.1) is 0 Å². The minimum absolute atomic E-state index is 0.0188. The Labute approximate surface area is 133 Å². The van der Waals surface area contributed by atoms with E-state index in [-0.39, 0.29) is 11.8 Å². The van der Waals surface area contributed by atoms with Crippen molar-refractivity contribution in [3.63, 3.8) is 0 Å². The fourth-order valence-electron chi connectivity index (χ4n) is 2.88. The van der Waals surface area contributed by atoms with Crippen molar-refractivity contribution in [1.29, 1.82) is 0 Å². The lowest BCUT2D eigenvalue weighted by Crippen LogP contribution is -2.34. The highest BCUT2D eigenvalue weighted by molar-refractivity contribution is 5.79. The first-order chi connectivity index (χ1) is 10.5. The molecule has 2 atom stereocenters. The van der Waals surface area contributed by atoms with Gasteiger partial charge in [0.2, 0.25) is 5.91 Å². The summed E-state index contributed by atoms with van der Waals surface area (Å²) >= 11 is 0. The molecule has 1 aromatic rings. The maximum Gasteiger partial charge on any atom is 0.225 e. The van der Waals surface area contributed by atoms with Crippen LogP contribution in [0.25, 0.3) is 0 Å². The van der Waals surface area contributed by atoms with Crippen LogP contribution in [0.15, 0.2) is 24.3 Å². The van der Waals surface area contributed by atoms with Crippen LogP contribution in [-0.2, 0) is 17.9 Å². The van der Waals surface area contributed by atoms with Crippen molar-refractivity contribution in [2.75, 3.05) is 7.05 Å². The highest BCUT2D eigenvalue weighted by Crippen LogP contribution is 2.25. The summed E-state index contributed by atoms with van der Waals surface area (Å²) in [5, 5.41) is 12.7. The van der Waals surface area contributed by atoms with Gasteiger partial charge in [0.25, 0.3) is 0 Å². The second-order valence-corrected chi connectivity index (χ2v) is 6.65. The van der Waals surface area contributed by atoms with Gasteiger partial charge in [0.1, 0.15) is 0 Å². The molecule has 1 saturated carbocycles. The third kappa shape index (κ3) is 4.55. The van der Waals surface area contributed by atoms with Crippen LogP contribution in [0.4, 0.5) is 0 Å². The molecule has 0 radical (unpaired) electrons. The van der Waals surface area contributed by atoms with Gasteiger partial charge in [0.15, 0.2) is 0 Å². The highest BCUT2D eigenvalue weighted by Gasteiger charge is 2.31. The number of amides is 1. The zero-order valence-electron chi connectivity index (χ0n) is 13.9. The first-order valence-electron chi connectivity index (χ1n) is 8.21. The second kappa shape index (κ2) is 7.75. The molecule has 1 amide bonds. The zero-order chi connectivity index (χ0) is 16.1.